The first-order valence-electron chi connectivity index (χ1n) is 12.7. The number of nitrogen functional groups attached to an aromatic ring is 2. The zero-order valence-electron chi connectivity index (χ0n) is 22.0. The first-order chi connectivity index (χ1) is 20.9. The molecule has 3 fully saturated rings. The molecular weight excluding hydrogens is 637 g/mol. The molecule has 24 heteroatoms. The zero-order valence-corrected chi connectivity index (χ0v) is 23.7. The van der Waals surface area contributed by atoms with Crippen LogP contribution < -0.4 is 11.5 Å². The number of anilines is 2. The van der Waals surface area contributed by atoms with Crippen molar-refractivity contribution in [3.8, 4) is 0 Å². The maximum atomic E-state index is 15.7. The first-order valence-corrected chi connectivity index (χ1v) is 15.7. The van der Waals surface area contributed by atoms with Gasteiger partial charge in [0.05, 0.1) is 25.9 Å². The highest BCUT2D eigenvalue weighted by atomic mass is 31.2. The fourth-order valence-corrected chi connectivity index (χ4v) is 7.08. The quantitative estimate of drug-likeness (QED) is 0.167. The molecule has 0 spiro atoms. The van der Waals surface area contributed by atoms with Crippen LogP contribution in [0.1, 0.15) is 12.5 Å². The van der Waals surface area contributed by atoms with E-state index in [-0.39, 0.29) is 34.0 Å². The summed E-state index contributed by atoms with van der Waals surface area (Å²) in [5.74, 6) is 0.0414. The van der Waals surface area contributed by atoms with Crippen molar-refractivity contribution in [1.82, 2.24) is 39.0 Å². The van der Waals surface area contributed by atoms with Crippen LogP contribution in [0.4, 0.5) is 16.0 Å². The second-order valence-electron chi connectivity index (χ2n) is 9.90. The number of nitrogens with zero attached hydrogens (tertiary/aromatic N) is 8. The summed E-state index contributed by atoms with van der Waals surface area (Å²) in [7, 11) is -10.2. The highest BCUT2D eigenvalue weighted by Crippen LogP contribution is 2.54. The normalized spacial score (nSPS) is 38.3. The smallest absolute Gasteiger partial charge is 0.386 e. The Bertz CT molecular complexity index is 1830. The molecule has 44 heavy (non-hydrogen) atoms. The number of nitrogens with two attached hydrogens (primary N) is 2. The van der Waals surface area contributed by atoms with Gasteiger partial charge in [-0.15, -0.1) is 0 Å². The molecule has 0 aliphatic carbocycles. The number of alkyl halides is 1. The zero-order chi connectivity index (χ0) is 31.0. The van der Waals surface area contributed by atoms with Gasteiger partial charge in [0.1, 0.15) is 54.2 Å². The Kier molecular flexibility index (Phi) is 7.14. The molecule has 236 valence electrons. The van der Waals surface area contributed by atoms with Crippen molar-refractivity contribution in [3.05, 3.63) is 25.3 Å². The summed E-state index contributed by atoms with van der Waals surface area (Å²) in [6.45, 7) is -1.72. The average molecular weight is 660 g/mol. The molecule has 21 nitrogen and oxygen atoms in total. The maximum Gasteiger partial charge on any atom is 0.472 e. The van der Waals surface area contributed by atoms with Gasteiger partial charge in [-0.25, -0.2) is 43.4 Å². The summed E-state index contributed by atoms with van der Waals surface area (Å²) < 4.78 is 76.4. The largest absolute Gasteiger partial charge is 0.472 e. The second-order valence-corrected chi connectivity index (χ2v) is 12.7. The number of aromatic nitrogens is 8. The number of hydrogen-bond acceptors (Lipinski definition) is 17. The molecule has 3 aliphatic heterocycles. The van der Waals surface area contributed by atoms with Crippen LogP contribution in [0.15, 0.2) is 25.3 Å². The molecule has 0 amide bonds. The van der Waals surface area contributed by atoms with Crippen molar-refractivity contribution in [3.63, 3.8) is 0 Å². The monoisotopic (exact) mass is 660 g/mol. The minimum Gasteiger partial charge on any atom is -0.386 e. The molecule has 0 aromatic carbocycles. The number of imidazole rings is 2. The number of ether oxygens (including phenoxy) is 2. The molecule has 10 atom stereocenters. The third-order valence-electron chi connectivity index (χ3n) is 7.21. The molecule has 7 N–H and O–H groups in total. The van der Waals surface area contributed by atoms with E-state index in [0.717, 1.165) is 12.7 Å². The molecular formula is C20H23FN10O11P2. The van der Waals surface area contributed by atoms with Crippen LogP contribution in [-0.4, -0.2) is 104 Å². The Morgan fingerprint density at radius 1 is 0.773 bits per heavy atom. The van der Waals surface area contributed by atoms with Gasteiger partial charge in [0.2, 0.25) is 0 Å². The van der Waals surface area contributed by atoms with Crippen molar-refractivity contribution >= 4 is 49.6 Å². The Morgan fingerprint density at radius 2 is 1.27 bits per heavy atom. The molecule has 2 bridgehead atoms. The predicted molar refractivity (Wildman–Crippen MR) is 139 cm³/mol. The number of fused-ring (bicyclic) bond motifs is 5. The van der Waals surface area contributed by atoms with Gasteiger partial charge in [0.15, 0.2) is 41.6 Å². The van der Waals surface area contributed by atoms with Gasteiger partial charge in [-0.2, -0.15) is 0 Å². The van der Waals surface area contributed by atoms with E-state index in [0.29, 0.717) is 0 Å². The lowest BCUT2D eigenvalue weighted by Gasteiger charge is -2.25. The van der Waals surface area contributed by atoms with E-state index in [1.165, 1.54) is 21.8 Å². The van der Waals surface area contributed by atoms with Crippen LogP contribution in [0.3, 0.4) is 0 Å². The standard InChI is InChI=1S/C20H23FN10O11P2/c21-9-7-1-37-43(33,34)41-13-8(40-19(12(13)32)30-5-28-10-15(22)24-3-26-17(10)30)2-38-44(35,36)42-14(9)20(39-7)31-6-29-11-16(23)25-4-27-18(11)31/h3-9,12-14,19-20,32H,1-2H2,(H,33,34)(H,35,36)(H2,22,24,26)(H2,23,25,27)/t7-,8-,9-,12-,13-,14-,19-,20-/m0/s1. The summed E-state index contributed by atoms with van der Waals surface area (Å²) in [5.41, 5.74) is 12.2. The van der Waals surface area contributed by atoms with Crippen molar-refractivity contribution < 1.29 is 56.0 Å². The summed E-state index contributed by atoms with van der Waals surface area (Å²) in [5, 5.41) is 11.1. The van der Waals surface area contributed by atoms with E-state index in [9.17, 15) is 24.0 Å². The molecule has 3 saturated heterocycles. The number of hydrogen-bond donors (Lipinski definition) is 5. The Morgan fingerprint density at radius 3 is 1.86 bits per heavy atom. The number of aliphatic hydroxyl groups is 1. The molecule has 0 saturated carbocycles. The highest BCUT2D eigenvalue weighted by Gasteiger charge is 2.54. The van der Waals surface area contributed by atoms with Crippen LogP contribution in [-0.2, 0) is 36.7 Å². The first kappa shape index (κ1) is 29.4. The van der Waals surface area contributed by atoms with Crippen LogP contribution in [0.25, 0.3) is 22.3 Å². The fraction of sp³-hybridized carbons (Fsp3) is 0.500. The summed E-state index contributed by atoms with van der Waals surface area (Å²) in [6.07, 6.45) is -8.69. The lowest BCUT2D eigenvalue weighted by atomic mass is 10.1. The lowest BCUT2D eigenvalue weighted by Crippen LogP contribution is -2.36. The molecule has 2 unspecified atom stereocenters. The fourth-order valence-electron chi connectivity index (χ4n) is 5.20. The summed E-state index contributed by atoms with van der Waals surface area (Å²) in [6, 6.07) is 0. The Balaban J connectivity index is 1.20. The number of phosphoric acid groups is 2. The van der Waals surface area contributed by atoms with Gasteiger partial charge in [0.25, 0.3) is 0 Å². The second kappa shape index (κ2) is 10.7. The van der Waals surface area contributed by atoms with Crippen molar-refractivity contribution in [1.29, 1.82) is 0 Å². The number of halogens is 1. The summed E-state index contributed by atoms with van der Waals surface area (Å²) in [4.78, 5) is 45.1. The molecule has 4 aromatic rings. The topological polar surface area (TPSA) is 289 Å². The van der Waals surface area contributed by atoms with Crippen LogP contribution in [0.5, 0.6) is 0 Å². The molecule has 7 heterocycles. The SMILES string of the molecule is Nc1ncnc2c1ncn2[C@H]1O[C@H]2COP(=O)(O)O[C@H]3[C@@H](F)[C@H](COP(=O)(O)O[C@@H]2[C@@H]1O)O[C@@H]3n1cnc2c(N)ncnc21. The predicted octanol–water partition coefficient (Wildman–Crippen LogP) is -0.658. The highest BCUT2D eigenvalue weighted by molar-refractivity contribution is 7.47. The van der Waals surface area contributed by atoms with E-state index in [1.54, 1.807) is 0 Å². The number of rotatable bonds is 2. The minimum atomic E-state index is -5.13. The molecule has 4 aromatic heterocycles. The van der Waals surface area contributed by atoms with Crippen LogP contribution in [0, 0.1) is 0 Å². The van der Waals surface area contributed by atoms with E-state index in [4.69, 9.17) is 39.0 Å². The van der Waals surface area contributed by atoms with E-state index in [1.807, 2.05) is 0 Å². The van der Waals surface area contributed by atoms with Gasteiger partial charge >= 0.3 is 15.6 Å². The van der Waals surface area contributed by atoms with Crippen molar-refractivity contribution in [2.45, 2.75) is 49.1 Å². The third kappa shape index (κ3) is 5.03. The number of aliphatic hydroxyl groups excluding tert-OH is 1. The minimum absolute atomic E-state index is 0.00351. The lowest BCUT2D eigenvalue weighted by molar-refractivity contribution is -0.0671. The van der Waals surface area contributed by atoms with E-state index >= 15 is 4.39 Å². The van der Waals surface area contributed by atoms with Gasteiger partial charge in [0, 0.05) is 0 Å². The van der Waals surface area contributed by atoms with Gasteiger partial charge in [-0.1, -0.05) is 0 Å². The van der Waals surface area contributed by atoms with Gasteiger partial charge < -0.3 is 35.8 Å². The molecule has 0 radical (unpaired) electrons. The maximum absolute atomic E-state index is 15.7. The van der Waals surface area contributed by atoms with Crippen LogP contribution in [0.2, 0.25) is 0 Å². The van der Waals surface area contributed by atoms with Crippen LogP contribution >= 0.6 is 15.6 Å². The van der Waals surface area contributed by atoms with Crippen molar-refractivity contribution in [2.75, 3.05) is 24.7 Å². The number of phosphoric ester groups is 2. The molecule has 7 rings (SSSR count). The van der Waals surface area contributed by atoms with E-state index in [2.05, 4.69) is 29.9 Å². The van der Waals surface area contributed by atoms with E-state index < -0.39 is 78.0 Å². The molecule has 3 aliphatic rings. The average Bonchev–Trinajstić information content (AvgIpc) is 3.73. The van der Waals surface area contributed by atoms with Gasteiger partial charge in [-0.3, -0.25) is 27.2 Å². The van der Waals surface area contributed by atoms with Gasteiger partial charge in [-0.05, 0) is 0 Å². The Hall–Kier alpha value is -3.27. The summed E-state index contributed by atoms with van der Waals surface area (Å²) >= 11 is 0. The third-order valence-corrected chi connectivity index (χ3v) is 9.18. The van der Waals surface area contributed by atoms with Crippen molar-refractivity contribution in [2.24, 2.45) is 0 Å². The Labute approximate surface area is 244 Å².